The predicted octanol–water partition coefficient (Wildman–Crippen LogP) is 4.68. The number of carbonyl (C=O) groups is 10. The number of aliphatic hydroxyl groups excluding tert-OH is 1. The molecule has 0 saturated carbocycles. The van der Waals surface area contributed by atoms with Crippen molar-refractivity contribution in [3.05, 3.63) is 89.3 Å². The smallest absolute Gasteiger partial charge is 0.410 e. The summed E-state index contributed by atoms with van der Waals surface area (Å²) in [6.07, 6.45) is 6.34. The first-order chi connectivity index (χ1) is 41.9. The van der Waals surface area contributed by atoms with Crippen molar-refractivity contribution in [1.29, 1.82) is 0 Å². The van der Waals surface area contributed by atoms with Crippen molar-refractivity contribution in [2.24, 2.45) is 23.5 Å². The van der Waals surface area contributed by atoms with Crippen LogP contribution in [0.25, 0.3) is 6.08 Å². The third kappa shape index (κ3) is 21.8. The summed E-state index contributed by atoms with van der Waals surface area (Å²) >= 11 is 0. The Labute approximate surface area is 512 Å². The van der Waals surface area contributed by atoms with E-state index < -0.39 is 84.1 Å². The number of amides is 9. The average Bonchev–Trinajstić information content (AvgIpc) is 3.98. The van der Waals surface area contributed by atoms with Crippen molar-refractivity contribution in [3.8, 4) is 0 Å². The molecule has 480 valence electrons. The molecule has 0 spiro atoms. The number of hydrogen-bond acceptors (Lipinski definition) is 16. The molecule has 6 rings (SSSR count). The van der Waals surface area contributed by atoms with E-state index in [1.54, 1.807) is 57.2 Å². The number of nitrogens with two attached hydrogens (primary N) is 1. The molecule has 2 aromatic carbocycles. The second-order valence-electron chi connectivity index (χ2n) is 23.2. The highest BCUT2D eigenvalue weighted by Crippen LogP contribution is 2.28. The van der Waals surface area contributed by atoms with Crippen LogP contribution in [-0.2, 0) is 54.4 Å². The summed E-state index contributed by atoms with van der Waals surface area (Å²) in [7, 11) is 0. The largest absolute Gasteiger partial charge is 0.480 e. The summed E-state index contributed by atoms with van der Waals surface area (Å²) < 4.78 is 32.8. The van der Waals surface area contributed by atoms with Crippen LogP contribution in [0.4, 0.5) is 30.1 Å². The number of cyclic esters (lactones) is 1. The molecule has 88 heavy (non-hydrogen) atoms. The summed E-state index contributed by atoms with van der Waals surface area (Å²) in [5, 5.41) is 30.8. The Morgan fingerprint density at radius 1 is 0.818 bits per heavy atom. The number of carboxylic acid groups (broad SMARTS) is 1. The Balaban J connectivity index is 0.981. The first-order valence-electron chi connectivity index (χ1n) is 30.1. The van der Waals surface area contributed by atoms with E-state index in [-0.39, 0.29) is 114 Å². The van der Waals surface area contributed by atoms with Crippen molar-refractivity contribution >= 4 is 77.1 Å². The van der Waals surface area contributed by atoms with Crippen LogP contribution in [0.5, 0.6) is 0 Å². The highest BCUT2D eigenvalue weighted by atomic mass is 19.1. The minimum atomic E-state index is -1.09. The number of benzene rings is 2. The van der Waals surface area contributed by atoms with Gasteiger partial charge in [0.1, 0.15) is 36.7 Å². The maximum absolute atomic E-state index is 15.1. The molecule has 0 unspecified atom stereocenters. The van der Waals surface area contributed by atoms with Gasteiger partial charge in [0, 0.05) is 101 Å². The zero-order valence-corrected chi connectivity index (χ0v) is 50.8. The van der Waals surface area contributed by atoms with Gasteiger partial charge in [0.05, 0.1) is 19.1 Å². The van der Waals surface area contributed by atoms with Gasteiger partial charge in [0.2, 0.25) is 17.7 Å². The van der Waals surface area contributed by atoms with Gasteiger partial charge in [-0.25, -0.2) is 18.8 Å². The molecule has 2 aromatic rings. The fourth-order valence-electron chi connectivity index (χ4n) is 10.6. The zero-order chi connectivity index (χ0) is 64.0. The van der Waals surface area contributed by atoms with Gasteiger partial charge in [-0.05, 0) is 110 Å². The Morgan fingerprint density at radius 3 is 2.14 bits per heavy atom. The molecule has 4 aliphatic heterocycles. The molecule has 0 radical (unpaired) electrons. The van der Waals surface area contributed by atoms with Crippen molar-refractivity contribution in [3.63, 3.8) is 0 Å². The average molecular weight is 1230 g/mol. The van der Waals surface area contributed by atoms with E-state index >= 15 is 4.39 Å². The zero-order valence-electron chi connectivity index (χ0n) is 50.8. The number of aliphatic hydroxyl groups is 1. The summed E-state index contributed by atoms with van der Waals surface area (Å²) in [6, 6.07) is 8.31. The van der Waals surface area contributed by atoms with E-state index in [9.17, 15) is 58.2 Å². The van der Waals surface area contributed by atoms with E-state index in [1.165, 1.54) is 34.1 Å². The number of nitrogens with zero attached hydrogens (tertiary/aromatic N) is 5. The lowest BCUT2D eigenvalue weighted by Crippen LogP contribution is -2.54. The molecule has 7 atom stereocenters. The molecule has 26 heteroatoms. The van der Waals surface area contributed by atoms with Gasteiger partial charge in [-0.2, -0.15) is 0 Å². The predicted molar refractivity (Wildman–Crippen MR) is 322 cm³/mol. The molecule has 0 bridgehead atoms. The van der Waals surface area contributed by atoms with Crippen molar-refractivity contribution in [2.45, 2.75) is 129 Å². The molecular formula is C62H85FN10O15. The molecule has 0 aliphatic carbocycles. The fourth-order valence-corrected chi connectivity index (χ4v) is 10.6. The molecule has 0 aromatic heterocycles. The highest BCUT2D eigenvalue weighted by molar-refractivity contribution is 6.12. The Hall–Kier alpha value is -8.39. The lowest BCUT2D eigenvalue weighted by atomic mass is 9.91. The van der Waals surface area contributed by atoms with Crippen LogP contribution in [0.3, 0.4) is 0 Å². The lowest BCUT2D eigenvalue weighted by molar-refractivity contribution is -0.151. The number of urea groups is 1. The number of imide groups is 1. The topological polar surface area (TPSA) is 329 Å². The normalized spacial score (nSPS) is 21.5. The number of nitrogens with one attached hydrogen (secondary N) is 4. The van der Waals surface area contributed by atoms with Gasteiger partial charge in [0.25, 0.3) is 11.8 Å². The van der Waals surface area contributed by atoms with Crippen molar-refractivity contribution < 1.29 is 76.8 Å². The fraction of sp³-hybridized carbons (Fsp3) is 0.548. The standard InChI is InChI=1S/C62H85FN10O15/c1-39(2)56(68-51(75)11-7-6-8-23-73-52(76)20-21-53(73)77)59(82)67-49(10-9-22-65-60(64)83)58(81)66-46-16-14-43(15-17-46)38-86-61(84)71-28-30-72(31-29-71)62(85)87-50-19-13-41(4)57(88-55(80)36-48(74)18-12-40(50)3)42(5)32-44-33-45(63)35-47(34-44)70-26-24-69(25-27-70)37-54(78)79/h13-17,19-21,32-35,39-41,48-50,56-57,74H,6-12,18,22-31,36-38H2,1-5H3,(H,66,81)(H,67,82)(H,68,75)(H,78,79)(H3,64,65,83)/b19-13+,42-32+/t40-,41-,48+,49-,50-,56-,57-/m0/s1. The molecule has 2 saturated heterocycles. The molecule has 4 heterocycles. The first-order valence-corrected chi connectivity index (χ1v) is 30.1. The Morgan fingerprint density at radius 2 is 1.49 bits per heavy atom. The maximum Gasteiger partial charge on any atom is 0.410 e. The van der Waals surface area contributed by atoms with E-state index in [0.29, 0.717) is 79.9 Å². The number of aliphatic carboxylic acids is 1. The summed E-state index contributed by atoms with van der Waals surface area (Å²) in [5.41, 5.74) is 7.96. The van der Waals surface area contributed by atoms with Crippen LogP contribution in [0.2, 0.25) is 0 Å². The number of rotatable bonds is 24. The first kappa shape index (κ1) is 68.7. The number of anilines is 2. The second-order valence-corrected chi connectivity index (χ2v) is 23.2. The summed E-state index contributed by atoms with van der Waals surface area (Å²) in [6.45, 7) is 11.8. The monoisotopic (exact) mass is 1230 g/mol. The number of esters is 1. The quantitative estimate of drug-likeness (QED) is 0.0247. The van der Waals surface area contributed by atoms with Gasteiger partial charge in [-0.15, -0.1) is 0 Å². The summed E-state index contributed by atoms with van der Waals surface area (Å²) in [5.74, 6) is -5.34. The number of halogens is 1. The molecule has 9 amide bonds. The SMILES string of the molecule is C/C(=C\c1cc(F)cc(N2CCN(CC(=O)O)CC2)c1)[C@H]1OC(=O)C[C@H](O)CC[C@H](C)[C@@H](OC(=O)N2CCN(C(=O)OCc3ccc(NC(=O)[C@H](CCCNC(N)=O)NC(=O)[C@@H](NC(=O)CCCCCN4C(=O)C=CC4=O)C(C)C)cc3)CC2)/C=C/[C@@H]1C. The van der Waals surface area contributed by atoms with Crippen molar-refractivity contribution in [1.82, 2.24) is 35.6 Å². The molecule has 25 nitrogen and oxygen atoms in total. The van der Waals surface area contributed by atoms with Crippen LogP contribution in [0, 0.1) is 23.6 Å². The molecule has 4 aliphatic rings. The van der Waals surface area contributed by atoms with E-state index in [2.05, 4.69) is 21.3 Å². The van der Waals surface area contributed by atoms with Crippen LogP contribution in [-0.4, -0.2) is 192 Å². The van der Waals surface area contributed by atoms with Gasteiger partial charge in [0.15, 0.2) is 0 Å². The van der Waals surface area contributed by atoms with Gasteiger partial charge >= 0.3 is 30.2 Å². The maximum atomic E-state index is 15.1. The van der Waals surface area contributed by atoms with Crippen LogP contribution >= 0.6 is 0 Å². The van der Waals surface area contributed by atoms with Gasteiger partial charge in [-0.1, -0.05) is 58.4 Å². The second kappa shape index (κ2) is 33.7. The third-order valence-electron chi connectivity index (χ3n) is 15.8. The lowest BCUT2D eigenvalue weighted by Gasteiger charge is -2.35. The number of carbonyl (C=O) groups excluding carboxylic acids is 9. The number of carboxylic acids is 1. The van der Waals surface area contributed by atoms with E-state index in [1.807, 2.05) is 35.8 Å². The van der Waals surface area contributed by atoms with Crippen LogP contribution in [0.15, 0.2) is 72.3 Å². The number of unbranched alkanes of at least 4 members (excludes halogenated alkanes) is 2. The van der Waals surface area contributed by atoms with E-state index in [4.69, 9.17) is 19.9 Å². The molecule has 2 fully saturated rings. The van der Waals surface area contributed by atoms with Crippen LogP contribution < -0.4 is 31.9 Å². The number of ether oxygens (including phenoxy) is 3. The minimum absolute atomic E-state index is 0.0701. The number of hydrogen-bond donors (Lipinski definition) is 7. The Bertz CT molecular complexity index is 2870. The van der Waals surface area contributed by atoms with Gasteiger partial charge in [-0.3, -0.25) is 43.4 Å². The summed E-state index contributed by atoms with van der Waals surface area (Å²) in [4.78, 5) is 135. The Kier molecular flexibility index (Phi) is 26.3. The molecule has 8 N–H and O–H groups in total. The van der Waals surface area contributed by atoms with Crippen molar-refractivity contribution in [2.75, 3.05) is 82.2 Å². The van der Waals surface area contributed by atoms with Crippen LogP contribution in [0.1, 0.15) is 104 Å². The van der Waals surface area contributed by atoms with E-state index in [0.717, 1.165) is 4.90 Å². The number of primary amides is 1. The minimum Gasteiger partial charge on any atom is -0.480 e. The highest BCUT2D eigenvalue weighted by Gasteiger charge is 2.33. The third-order valence-corrected chi connectivity index (χ3v) is 15.8. The molecular weight excluding hydrogens is 1140 g/mol. The van der Waals surface area contributed by atoms with Gasteiger partial charge < -0.3 is 66.1 Å². The number of piperazine rings is 2.